The lowest BCUT2D eigenvalue weighted by Crippen LogP contribution is -2.36. The zero-order valence-corrected chi connectivity index (χ0v) is 13.5. The first-order valence-electron chi connectivity index (χ1n) is 7.79. The molecule has 8 heteroatoms. The summed E-state index contributed by atoms with van der Waals surface area (Å²) in [4.78, 5) is 27.3. The van der Waals surface area contributed by atoms with E-state index in [1.54, 1.807) is 23.6 Å². The summed E-state index contributed by atoms with van der Waals surface area (Å²) in [7, 11) is 1.47. The van der Waals surface area contributed by atoms with E-state index in [2.05, 4.69) is 20.1 Å². The van der Waals surface area contributed by atoms with Crippen LogP contribution in [0.3, 0.4) is 0 Å². The molecule has 4 rings (SSSR count). The van der Waals surface area contributed by atoms with Crippen LogP contribution in [0.2, 0.25) is 0 Å². The van der Waals surface area contributed by atoms with E-state index >= 15 is 0 Å². The van der Waals surface area contributed by atoms with Gasteiger partial charge in [-0.15, -0.1) is 0 Å². The molecule has 3 aromatic heterocycles. The molecule has 1 amide bonds. The molecule has 0 atom stereocenters. The predicted octanol–water partition coefficient (Wildman–Crippen LogP) is 1.73. The van der Waals surface area contributed by atoms with Gasteiger partial charge in [0.25, 0.3) is 11.8 Å². The minimum atomic E-state index is -0.234. The molecule has 0 fully saturated rings. The first kappa shape index (κ1) is 15.3. The van der Waals surface area contributed by atoms with Crippen molar-refractivity contribution in [3.8, 4) is 17.1 Å². The Hall–Kier alpha value is -3.29. The fraction of sp³-hybridized carbons (Fsp3) is 0.235. The molecule has 1 aliphatic heterocycles. The molecule has 0 unspecified atom stereocenters. The number of amides is 1. The fourth-order valence-electron chi connectivity index (χ4n) is 2.88. The van der Waals surface area contributed by atoms with Crippen LogP contribution in [0.15, 0.2) is 41.4 Å². The first-order chi connectivity index (χ1) is 12.3. The summed E-state index contributed by atoms with van der Waals surface area (Å²) in [5.74, 6) is 0.197. The molecule has 126 valence electrons. The van der Waals surface area contributed by atoms with Gasteiger partial charge in [0.2, 0.25) is 5.76 Å². The minimum Gasteiger partial charge on any atom is -0.479 e. The summed E-state index contributed by atoms with van der Waals surface area (Å²) < 4.78 is 10.0. The molecule has 0 N–H and O–H groups in total. The van der Waals surface area contributed by atoms with Gasteiger partial charge in [0.1, 0.15) is 6.33 Å². The standard InChI is InChI=1S/C17H15N5O3/c1-24-15-7-14(25-21-15)17(23)22-6-4-13-12(9-22)16(20-10-19-13)11-3-2-5-18-8-11/h2-3,5,7-8,10H,4,6,9H2,1H3. The zero-order chi connectivity index (χ0) is 17.2. The Balaban J connectivity index is 1.65. The van der Waals surface area contributed by atoms with Gasteiger partial charge in [-0.25, -0.2) is 9.97 Å². The lowest BCUT2D eigenvalue weighted by Gasteiger charge is -2.28. The van der Waals surface area contributed by atoms with Gasteiger partial charge >= 0.3 is 0 Å². The summed E-state index contributed by atoms with van der Waals surface area (Å²) >= 11 is 0. The van der Waals surface area contributed by atoms with Crippen molar-refractivity contribution in [2.24, 2.45) is 0 Å². The smallest absolute Gasteiger partial charge is 0.292 e. The van der Waals surface area contributed by atoms with Gasteiger partial charge in [-0.05, 0) is 17.3 Å². The highest BCUT2D eigenvalue weighted by Crippen LogP contribution is 2.27. The molecule has 0 bridgehead atoms. The number of nitrogens with zero attached hydrogens (tertiary/aromatic N) is 5. The molecule has 3 aromatic rings. The molecule has 0 saturated heterocycles. The van der Waals surface area contributed by atoms with Crippen LogP contribution in [-0.2, 0) is 13.0 Å². The SMILES string of the molecule is COc1cc(C(=O)N2CCc3ncnc(-c4cccnc4)c3C2)on1. The third-order valence-corrected chi connectivity index (χ3v) is 4.13. The van der Waals surface area contributed by atoms with E-state index < -0.39 is 0 Å². The number of hydrogen-bond acceptors (Lipinski definition) is 7. The molecular formula is C17H15N5O3. The van der Waals surface area contributed by atoms with Crippen LogP contribution in [0.1, 0.15) is 21.8 Å². The van der Waals surface area contributed by atoms with Gasteiger partial charge in [-0.2, -0.15) is 0 Å². The van der Waals surface area contributed by atoms with Gasteiger partial charge in [0.05, 0.1) is 31.1 Å². The number of ether oxygens (including phenoxy) is 1. The predicted molar refractivity (Wildman–Crippen MR) is 86.8 cm³/mol. The first-order valence-corrected chi connectivity index (χ1v) is 7.79. The number of hydrogen-bond donors (Lipinski definition) is 0. The van der Waals surface area contributed by atoms with Gasteiger partial charge in [-0.1, -0.05) is 0 Å². The quantitative estimate of drug-likeness (QED) is 0.718. The Morgan fingerprint density at radius 1 is 1.36 bits per heavy atom. The van der Waals surface area contributed by atoms with Crippen LogP contribution in [-0.4, -0.2) is 44.6 Å². The topological polar surface area (TPSA) is 94.2 Å². The largest absolute Gasteiger partial charge is 0.479 e. The maximum Gasteiger partial charge on any atom is 0.292 e. The summed E-state index contributed by atoms with van der Waals surface area (Å²) in [6.45, 7) is 0.959. The van der Waals surface area contributed by atoms with Crippen molar-refractivity contribution in [3.63, 3.8) is 0 Å². The Morgan fingerprint density at radius 2 is 2.28 bits per heavy atom. The Morgan fingerprint density at radius 3 is 3.04 bits per heavy atom. The average Bonchev–Trinajstić information content (AvgIpc) is 3.16. The molecule has 4 heterocycles. The van der Waals surface area contributed by atoms with Crippen LogP contribution >= 0.6 is 0 Å². The number of aromatic nitrogens is 4. The number of rotatable bonds is 3. The van der Waals surface area contributed by atoms with E-state index in [1.165, 1.54) is 13.2 Å². The van der Waals surface area contributed by atoms with Crippen molar-refractivity contribution in [2.45, 2.75) is 13.0 Å². The normalized spacial score (nSPS) is 13.4. The molecule has 1 aliphatic rings. The van der Waals surface area contributed by atoms with E-state index in [0.29, 0.717) is 19.5 Å². The lowest BCUT2D eigenvalue weighted by atomic mass is 10.00. The van der Waals surface area contributed by atoms with Crippen LogP contribution in [0.5, 0.6) is 5.88 Å². The zero-order valence-electron chi connectivity index (χ0n) is 13.5. The molecular weight excluding hydrogens is 322 g/mol. The summed E-state index contributed by atoms with van der Waals surface area (Å²) in [5, 5.41) is 3.68. The molecule has 25 heavy (non-hydrogen) atoms. The molecule has 0 radical (unpaired) electrons. The highest BCUT2D eigenvalue weighted by atomic mass is 16.5. The molecule has 0 spiro atoms. The summed E-state index contributed by atoms with van der Waals surface area (Å²) in [6, 6.07) is 5.29. The van der Waals surface area contributed by atoms with Crippen molar-refractivity contribution < 1.29 is 14.1 Å². The fourth-order valence-corrected chi connectivity index (χ4v) is 2.88. The maximum atomic E-state index is 12.7. The average molecular weight is 337 g/mol. The monoisotopic (exact) mass is 337 g/mol. The maximum absolute atomic E-state index is 12.7. The van der Waals surface area contributed by atoms with Crippen LogP contribution in [0.4, 0.5) is 0 Å². The number of carbonyl (C=O) groups excluding carboxylic acids is 1. The third kappa shape index (κ3) is 2.82. The third-order valence-electron chi connectivity index (χ3n) is 4.13. The Labute approximate surface area is 143 Å². The number of fused-ring (bicyclic) bond motifs is 1. The van der Waals surface area contributed by atoms with E-state index in [-0.39, 0.29) is 17.5 Å². The van der Waals surface area contributed by atoms with Gasteiger partial charge in [-0.3, -0.25) is 9.78 Å². The second-order valence-corrected chi connectivity index (χ2v) is 5.60. The highest BCUT2D eigenvalue weighted by Gasteiger charge is 2.27. The van der Waals surface area contributed by atoms with Crippen molar-refractivity contribution >= 4 is 5.91 Å². The van der Waals surface area contributed by atoms with Crippen molar-refractivity contribution in [1.82, 2.24) is 25.0 Å². The highest BCUT2D eigenvalue weighted by molar-refractivity contribution is 5.92. The molecule has 0 saturated carbocycles. The van der Waals surface area contributed by atoms with Crippen molar-refractivity contribution in [2.75, 3.05) is 13.7 Å². The van der Waals surface area contributed by atoms with Gasteiger partial charge < -0.3 is 14.2 Å². The summed E-state index contributed by atoms with van der Waals surface area (Å²) in [5.41, 5.74) is 3.58. The molecule has 8 nitrogen and oxygen atoms in total. The molecule has 0 aliphatic carbocycles. The van der Waals surface area contributed by atoms with Crippen molar-refractivity contribution in [3.05, 3.63) is 53.9 Å². The Bertz CT molecular complexity index is 910. The van der Waals surface area contributed by atoms with Crippen LogP contribution < -0.4 is 4.74 Å². The van der Waals surface area contributed by atoms with Crippen LogP contribution in [0, 0.1) is 0 Å². The number of pyridine rings is 1. The number of carbonyl (C=O) groups is 1. The molecule has 0 aromatic carbocycles. The minimum absolute atomic E-state index is 0.153. The van der Waals surface area contributed by atoms with E-state index in [0.717, 1.165) is 22.5 Å². The second-order valence-electron chi connectivity index (χ2n) is 5.60. The van der Waals surface area contributed by atoms with Gasteiger partial charge in [0, 0.05) is 36.5 Å². The Kier molecular flexibility index (Phi) is 3.85. The van der Waals surface area contributed by atoms with Gasteiger partial charge in [0.15, 0.2) is 0 Å². The second kappa shape index (κ2) is 6.31. The van der Waals surface area contributed by atoms with E-state index in [9.17, 15) is 4.79 Å². The van der Waals surface area contributed by atoms with E-state index in [4.69, 9.17) is 9.26 Å². The number of methoxy groups -OCH3 is 1. The summed E-state index contributed by atoms with van der Waals surface area (Å²) in [6.07, 6.45) is 5.68. The van der Waals surface area contributed by atoms with Crippen molar-refractivity contribution in [1.29, 1.82) is 0 Å². The lowest BCUT2D eigenvalue weighted by molar-refractivity contribution is 0.0691. The van der Waals surface area contributed by atoms with E-state index in [1.807, 2.05) is 12.1 Å². The van der Waals surface area contributed by atoms with Crippen LogP contribution in [0.25, 0.3) is 11.3 Å².